The Bertz CT molecular complexity index is 1560. The highest BCUT2D eigenvalue weighted by Gasteiger charge is 2.42. The summed E-state index contributed by atoms with van der Waals surface area (Å²) in [4.78, 5) is 55.9. The van der Waals surface area contributed by atoms with Crippen LogP contribution < -0.4 is 14.8 Å². The standard InChI is InChI=1S/C34H37N3O8/c1-21(2)30-33(41)36(20-29(38)35-25(31(39)34(42)43)17-22-11-7-5-8-12-22)26(24-15-16-27(44-3)28(18-24)45-4)19-37(30)32(40)23-13-9-6-10-14-23/h5-16,18-19,21,25,30-31,39H,17,20H2,1-4H3,(H,35,38)(H,42,43)/t25-,30?,31?/m0/s1. The third-order valence-corrected chi connectivity index (χ3v) is 7.52. The van der Waals surface area contributed by atoms with Crippen LogP contribution in [0.15, 0.2) is 85.1 Å². The molecule has 3 atom stereocenters. The van der Waals surface area contributed by atoms with Gasteiger partial charge in [0.1, 0.15) is 12.6 Å². The molecule has 1 aliphatic rings. The fraction of sp³-hybridized carbons (Fsp3) is 0.294. The van der Waals surface area contributed by atoms with E-state index in [0.29, 0.717) is 28.2 Å². The van der Waals surface area contributed by atoms with E-state index in [-0.39, 0.29) is 18.0 Å². The molecule has 4 rings (SSSR count). The van der Waals surface area contributed by atoms with E-state index in [1.54, 1.807) is 98.9 Å². The van der Waals surface area contributed by atoms with Gasteiger partial charge in [-0.3, -0.25) is 19.3 Å². The minimum absolute atomic E-state index is 0.0420. The summed E-state index contributed by atoms with van der Waals surface area (Å²) in [6, 6.07) is 20.3. The van der Waals surface area contributed by atoms with Gasteiger partial charge in [0.15, 0.2) is 17.6 Å². The van der Waals surface area contributed by atoms with Crippen molar-refractivity contribution in [2.75, 3.05) is 20.8 Å². The average molecular weight is 616 g/mol. The normalized spacial score (nSPS) is 16.1. The Morgan fingerprint density at radius 3 is 2.11 bits per heavy atom. The van der Waals surface area contributed by atoms with E-state index in [1.165, 1.54) is 24.0 Å². The molecule has 3 N–H and O–H groups in total. The van der Waals surface area contributed by atoms with E-state index in [9.17, 15) is 29.4 Å². The number of ether oxygens (including phenoxy) is 2. The number of aliphatic hydroxyl groups is 1. The van der Waals surface area contributed by atoms with E-state index in [0.717, 1.165) is 0 Å². The minimum atomic E-state index is -1.89. The third-order valence-electron chi connectivity index (χ3n) is 7.52. The molecule has 3 amide bonds. The molecule has 3 aromatic carbocycles. The van der Waals surface area contributed by atoms with E-state index < -0.39 is 48.4 Å². The van der Waals surface area contributed by atoms with Crippen LogP contribution in [0.4, 0.5) is 0 Å². The number of hydrogen-bond acceptors (Lipinski definition) is 7. The Kier molecular flexibility index (Phi) is 10.6. The van der Waals surface area contributed by atoms with Crippen LogP contribution in [0.5, 0.6) is 11.5 Å². The van der Waals surface area contributed by atoms with Crippen LogP contribution in [0.25, 0.3) is 5.70 Å². The molecule has 11 nitrogen and oxygen atoms in total. The van der Waals surface area contributed by atoms with Crippen LogP contribution in [-0.4, -0.2) is 82.7 Å². The van der Waals surface area contributed by atoms with Gasteiger partial charge in [0.05, 0.1) is 26.0 Å². The number of methoxy groups -OCH3 is 2. The highest BCUT2D eigenvalue weighted by molar-refractivity contribution is 6.04. The number of benzene rings is 3. The summed E-state index contributed by atoms with van der Waals surface area (Å²) < 4.78 is 10.8. The molecule has 0 aliphatic carbocycles. The highest BCUT2D eigenvalue weighted by Crippen LogP contribution is 2.35. The number of rotatable bonds is 12. The number of nitrogens with zero attached hydrogens (tertiary/aromatic N) is 2. The molecule has 0 radical (unpaired) electrons. The second kappa shape index (κ2) is 14.5. The summed E-state index contributed by atoms with van der Waals surface area (Å²) in [5.41, 5.74) is 1.80. The van der Waals surface area contributed by atoms with Crippen LogP contribution in [0, 0.1) is 5.92 Å². The van der Waals surface area contributed by atoms with Crippen LogP contribution in [0.2, 0.25) is 0 Å². The number of aliphatic carboxylic acids is 1. The van der Waals surface area contributed by atoms with Crippen molar-refractivity contribution in [1.29, 1.82) is 0 Å². The molecule has 2 unspecified atom stereocenters. The third kappa shape index (κ3) is 7.50. The number of carbonyl (C=O) groups is 4. The molecule has 3 aromatic rings. The zero-order valence-corrected chi connectivity index (χ0v) is 25.5. The first-order chi connectivity index (χ1) is 21.5. The summed E-state index contributed by atoms with van der Waals surface area (Å²) in [5.74, 6) is -2.61. The van der Waals surface area contributed by atoms with Crippen molar-refractivity contribution in [3.05, 3.63) is 102 Å². The Morgan fingerprint density at radius 1 is 0.911 bits per heavy atom. The fourth-order valence-corrected chi connectivity index (χ4v) is 5.27. The maximum absolute atomic E-state index is 14.2. The predicted molar refractivity (Wildman–Crippen MR) is 166 cm³/mol. The van der Waals surface area contributed by atoms with Gasteiger partial charge in [-0.05, 0) is 48.2 Å². The number of nitrogens with one attached hydrogen (secondary N) is 1. The van der Waals surface area contributed by atoms with E-state index >= 15 is 0 Å². The van der Waals surface area contributed by atoms with E-state index in [4.69, 9.17) is 9.47 Å². The molecule has 0 saturated carbocycles. The number of carboxylic acids is 1. The van der Waals surface area contributed by atoms with Gasteiger partial charge in [0.25, 0.3) is 11.8 Å². The number of hydrogen-bond donors (Lipinski definition) is 3. The van der Waals surface area contributed by atoms with Crippen molar-refractivity contribution in [2.24, 2.45) is 5.92 Å². The average Bonchev–Trinajstić information content (AvgIpc) is 3.04. The van der Waals surface area contributed by atoms with Gasteiger partial charge >= 0.3 is 5.97 Å². The van der Waals surface area contributed by atoms with Gasteiger partial charge in [-0.2, -0.15) is 0 Å². The second-order valence-corrected chi connectivity index (χ2v) is 10.9. The van der Waals surface area contributed by atoms with Crippen molar-refractivity contribution in [1.82, 2.24) is 15.1 Å². The molecule has 11 heteroatoms. The molecule has 0 saturated heterocycles. The fourth-order valence-electron chi connectivity index (χ4n) is 5.27. The Morgan fingerprint density at radius 2 is 1.53 bits per heavy atom. The van der Waals surface area contributed by atoms with Gasteiger partial charge in [0, 0.05) is 17.3 Å². The molecule has 0 bridgehead atoms. The zero-order chi connectivity index (χ0) is 32.7. The maximum Gasteiger partial charge on any atom is 0.334 e. The quantitative estimate of drug-likeness (QED) is 0.282. The van der Waals surface area contributed by atoms with Crippen LogP contribution in [-0.2, 0) is 20.8 Å². The molecular formula is C34H37N3O8. The van der Waals surface area contributed by atoms with E-state index in [2.05, 4.69) is 5.32 Å². The van der Waals surface area contributed by atoms with Crippen molar-refractivity contribution < 1.29 is 38.9 Å². The predicted octanol–water partition coefficient (Wildman–Crippen LogP) is 3.18. The second-order valence-electron chi connectivity index (χ2n) is 10.9. The molecule has 0 spiro atoms. The Hall–Kier alpha value is -5.16. The van der Waals surface area contributed by atoms with Gasteiger partial charge in [-0.25, -0.2) is 4.79 Å². The molecule has 0 fully saturated rings. The van der Waals surface area contributed by atoms with Crippen molar-refractivity contribution >= 4 is 29.4 Å². The molecule has 0 aromatic heterocycles. The summed E-state index contributed by atoms with van der Waals surface area (Å²) in [5, 5.41) is 22.6. The molecule has 1 heterocycles. The Labute approximate surface area is 261 Å². The lowest BCUT2D eigenvalue weighted by atomic mass is 9.96. The summed E-state index contributed by atoms with van der Waals surface area (Å²) in [6.07, 6.45) is -0.307. The lowest BCUT2D eigenvalue weighted by molar-refractivity contribution is -0.149. The molecule has 1 aliphatic heterocycles. The molecule has 236 valence electrons. The number of aliphatic hydroxyl groups excluding tert-OH is 1. The first-order valence-electron chi connectivity index (χ1n) is 14.4. The van der Waals surface area contributed by atoms with Crippen LogP contribution >= 0.6 is 0 Å². The van der Waals surface area contributed by atoms with Crippen LogP contribution in [0.1, 0.15) is 35.3 Å². The van der Waals surface area contributed by atoms with Crippen molar-refractivity contribution in [3.63, 3.8) is 0 Å². The van der Waals surface area contributed by atoms with Crippen LogP contribution in [0.3, 0.4) is 0 Å². The maximum atomic E-state index is 14.2. The van der Waals surface area contributed by atoms with Gasteiger partial charge in [0.2, 0.25) is 5.91 Å². The lowest BCUT2D eigenvalue weighted by Gasteiger charge is -2.41. The molecule has 45 heavy (non-hydrogen) atoms. The van der Waals surface area contributed by atoms with Gasteiger partial charge in [-0.15, -0.1) is 0 Å². The molecular weight excluding hydrogens is 578 g/mol. The topological polar surface area (TPSA) is 146 Å². The van der Waals surface area contributed by atoms with Crippen molar-refractivity contribution in [2.45, 2.75) is 38.5 Å². The van der Waals surface area contributed by atoms with Gasteiger partial charge in [-0.1, -0.05) is 62.4 Å². The SMILES string of the molecule is COc1ccc(C2=CN(C(=O)c3ccccc3)C(C(C)C)C(=O)N2CC(=O)N[C@@H](Cc2ccccc2)C(O)C(=O)O)cc1OC. The highest BCUT2D eigenvalue weighted by atomic mass is 16.5. The first-order valence-corrected chi connectivity index (χ1v) is 14.4. The minimum Gasteiger partial charge on any atom is -0.493 e. The first kappa shape index (κ1) is 32.7. The largest absolute Gasteiger partial charge is 0.493 e. The van der Waals surface area contributed by atoms with Gasteiger partial charge < -0.3 is 29.9 Å². The smallest absolute Gasteiger partial charge is 0.334 e. The summed E-state index contributed by atoms with van der Waals surface area (Å²) in [7, 11) is 2.95. The monoisotopic (exact) mass is 615 g/mol. The lowest BCUT2D eigenvalue weighted by Crippen LogP contribution is -2.57. The summed E-state index contributed by atoms with van der Waals surface area (Å²) >= 11 is 0. The number of carboxylic acid groups (broad SMARTS) is 1. The van der Waals surface area contributed by atoms with E-state index in [1.807, 2.05) is 0 Å². The Balaban J connectivity index is 1.75. The summed E-state index contributed by atoms with van der Waals surface area (Å²) in [6.45, 7) is 3.11. The van der Waals surface area contributed by atoms with Crippen molar-refractivity contribution in [3.8, 4) is 11.5 Å². The number of amides is 3. The number of carbonyl (C=O) groups excluding carboxylic acids is 3. The zero-order valence-electron chi connectivity index (χ0n) is 25.5.